The van der Waals surface area contributed by atoms with Crippen molar-refractivity contribution in [3.05, 3.63) is 29.8 Å². The van der Waals surface area contributed by atoms with Crippen LogP contribution in [0.2, 0.25) is 0 Å². The molecule has 1 aromatic rings. The number of benzene rings is 1. The predicted octanol–water partition coefficient (Wildman–Crippen LogP) is 3.83. The van der Waals surface area contributed by atoms with Gasteiger partial charge in [-0.2, -0.15) is 0 Å². The summed E-state index contributed by atoms with van der Waals surface area (Å²) in [6, 6.07) is 8.54. The number of hydrogen-bond donors (Lipinski definition) is 1. The second-order valence-corrected chi connectivity index (χ2v) is 6.75. The van der Waals surface area contributed by atoms with Gasteiger partial charge in [-0.3, -0.25) is 4.79 Å². The van der Waals surface area contributed by atoms with Crippen LogP contribution in [0, 0.1) is 0 Å². The molecule has 0 saturated heterocycles. The van der Waals surface area contributed by atoms with Crippen molar-refractivity contribution in [2.45, 2.75) is 57.5 Å². The smallest absolute Gasteiger partial charge is 0.324 e. The number of thioether (sulfide) groups is 1. The third kappa shape index (κ3) is 6.53. The van der Waals surface area contributed by atoms with E-state index in [1.807, 2.05) is 20.8 Å². The minimum atomic E-state index is -0.264. The summed E-state index contributed by atoms with van der Waals surface area (Å²) < 4.78 is 5.13. The van der Waals surface area contributed by atoms with E-state index >= 15 is 0 Å². The van der Waals surface area contributed by atoms with Crippen molar-refractivity contribution in [1.29, 1.82) is 0 Å². The number of rotatable bonds is 8. The Bertz CT molecular complexity index is 429. The average Bonchev–Trinajstić information content (AvgIpc) is 2.43. The lowest BCUT2D eigenvalue weighted by molar-refractivity contribution is -0.145. The minimum absolute atomic E-state index is 0.169. The molecule has 1 rings (SSSR count). The van der Waals surface area contributed by atoms with Gasteiger partial charge in [0.25, 0.3) is 0 Å². The van der Waals surface area contributed by atoms with Gasteiger partial charge in [0.15, 0.2) is 0 Å². The highest BCUT2D eigenvalue weighted by Gasteiger charge is 2.20. The van der Waals surface area contributed by atoms with Gasteiger partial charge in [-0.25, -0.2) is 0 Å². The lowest BCUT2D eigenvalue weighted by atomic mass is 10.0. The van der Waals surface area contributed by atoms with Crippen LogP contribution in [0.5, 0.6) is 0 Å². The van der Waals surface area contributed by atoms with Gasteiger partial charge in [0, 0.05) is 16.7 Å². The van der Waals surface area contributed by atoms with E-state index in [4.69, 9.17) is 4.74 Å². The molecule has 0 radical (unpaired) electrons. The minimum Gasteiger partial charge on any atom is -0.465 e. The van der Waals surface area contributed by atoms with Crippen molar-refractivity contribution in [2.24, 2.45) is 0 Å². The van der Waals surface area contributed by atoms with Gasteiger partial charge in [-0.05, 0) is 30.5 Å². The second kappa shape index (κ2) is 9.11. The fourth-order valence-electron chi connectivity index (χ4n) is 1.96. The summed E-state index contributed by atoms with van der Waals surface area (Å²) in [6.07, 6.45) is 0. The number of nitrogens with one attached hydrogen (secondary N) is 1. The maximum absolute atomic E-state index is 11.9. The summed E-state index contributed by atoms with van der Waals surface area (Å²) in [5, 5.41) is 3.27. The highest BCUT2D eigenvalue weighted by Crippen LogP contribution is 2.22. The Kier molecular flexibility index (Phi) is 7.83. The third-order valence-electron chi connectivity index (χ3n) is 3.07. The molecule has 118 valence electrons. The molecule has 1 N–H and O–H groups in total. The van der Waals surface area contributed by atoms with Crippen molar-refractivity contribution in [3.63, 3.8) is 0 Å². The largest absolute Gasteiger partial charge is 0.465 e. The molecule has 0 aromatic heterocycles. The third-order valence-corrected chi connectivity index (χ3v) is 4.17. The van der Waals surface area contributed by atoms with E-state index in [1.54, 1.807) is 11.8 Å². The molecule has 4 heteroatoms. The SMILES string of the molecule is CCOC(=O)C(CSc1ccc(C(C)C)cc1)NC(C)C. The first-order valence-electron chi connectivity index (χ1n) is 7.59. The maximum Gasteiger partial charge on any atom is 0.324 e. The summed E-state index contributed by atoms with van der Waals surface area (Å²) in [6.45, 7) is 10.7. The summed E-state index contributed by atoms with van der Waals surface area (Å²) in [5.41, 5.74) is 1.33. The molecule has 1 unspecified atom stereocenters. The van der Waals surface area contributed by atoms with Crippen molar-refractivity contribution >= 4 is 17.7 Å². The van der Waals surface area contributed by atoms with Gasteiger partial charge in [-0.1, -0.05) is 39.8 Å². The zero-order chi connectivity index (χ0) is 15.8. The number of esters is 1. The highest BCUT2D eigenvalue weighted by atomic mass is 32.2. The van der Waals surface area contributed by atoms with Gasteiger partial charge in [0.1, 0.15) is 6.04 Å². The van der Waals surface area contributed by atoms with Crippen LogP contribution in [0.3, 0.4) is 0 Å². The van der Waals surface area contributed by atoms with Crippen molar-refractivity contribution in [3.8, 4) is 0 Å². The molecular weight excluding hydrogens is 282 g/mol. The quantitative estimate of drug-likeness (QED) is 0.585. The first-order valence-corrected chi connectivity index (χ1v) is 8.58. The Morgan fingerprint density at radius 3 is 2.29 bits per heavy atom. The summed E-state index contributed by atoms with van der Waals surface area (Å²) in [7, 11) is 0. The van der Waals surface area contributed by atoms with E-state index in [0.717, 1.165) is 0 Å². The molecule has 0 heterocycles. The Morgan fingerprint density at radius 2 is 1.81 bits per heavy atom. The van der Waals surface area contributed by atoms with E-state index in [-0.39, 0.29) is 18.1 Å². The number of ether oxygens (including phenoxy) is 1. The topological polar surface area (TPSA) is 38.3 Å². The van der Waals surface area contributed by atoms with Crippen LogP contribution in [-0.2, 0) is 9.53 Å². The van der Waals surface area contributed by atoms with E-state index < -0.39 is 0 Å². The molecule has 0 fully saturated rings. The van der Waals surface area contributed by atoms with Crippen molar-refractivity contribution < 1.29 is 9.53 Å². The lowest BCUT2D eigenvalue weighted by Gasteiger charge is -2.19. The van der Waals surface area contributed by atoms with Crippen LogP contribution in [0.15, 0.2) is 29.2 Å². The molecular formula is C17H27NO2S. The van der Waals surface area contributed by atoms with Crippen molar-refractivity contribution in [1.82, 2.24) is 5.32 Å². The molecule has 1 atom stereocenters. The fourth-order valence-corrected chi connectivity index (χ4v) is 2.88. The highest BCUT2D eigenvalue weighted by molar-refractivity contribution is 7.99. The maximum atomic E-state index is 11.9. The van der Waals surface area contributed by atoms with E-state index in [9.17, 15) is 4.79 Å². The molecule has 0 bridgehead atoms. The standard InChI is InChI=1S/C17H27NO2S/c1-6-20-17(19)16(18-13(4)5)11-21-15-9-7-14(8-10-15)12(2)3/h7-10,12-13,16,18H,6,11H2,1-5H3. The summed E-state index contributed by atoms with van der Waals surface area (Å²) in [5.74, 6) is 1.05. The van der Waals surface area contributed by atoms with Gasteiger partial charge < -0.3 is 10.1 Å². The normalized spacial score (nSPS) is 12.7. The molecule has 3 nitrogen and oxygen atoms in total. The Labute approximate surface area is 132 Å². The number of carbonyl (C=O) groups excluding carboxylic acids is 1. The van der Waals surface area contributed by atoms with Crippen LogP contribution in [-0.4, -0.2) is 30.4 Å². The molecule has 0 aliphatic heterocycles. The Balaban J connectivity index is 2.61. The molecule has 1 aromatic carbocycles. The molecule has 0 aliphatic rings. The average molecular weight is 309 g/mol. The van der Waals surface area contributed by atoms with Gasteiger partial charge >= 0.3 is 5.97 Å². The van der Waals surface area contributed by atoms with Gasteiger partial charge in [-0.15, -0.1) is 11.8 Å². The molecule has 0 spiro atoms. The number of carbonyl (C=O) groups is 1. The first-order chi connectivity index (χ1) is 9.93. The van der Waals surface area contributed by atoms with Crippen LogP contribution in [0.25, 0.3) is 0 Å². The molecule has 0 amide bonds. The first kappa shape index (κ1) is 18.1. The second-order valence-electron chi connectivity index (χ2n) is 5.66. The Morgan fingerprint density at radius 1 is 1.19 bits per heavy atom. The Hall–Kier alpha value is -1.00. The number of hydrogen-bond acceptors (Lipinski definition) is 4. The fraction of sp³-hybridized carbons (Fsp3) is 0.588. The van der Waals surface area contributed by atoms with E-state index in [0.29, 0.717) is 18.3 Å². The van der Waals surface area contributed by atoms with E-state index in [1.165, 1.54) is 10.5 Å². The van der Waals surface area contributed by atoms with Crippen LogP contribution in [0.1, 0.15) is 46.1 Å². The van der Waals surface area contributed by atoms with Gasteiger partial charge in [0.2, 0.25) is 0 Å². The molecule has 0 aliphatic carbocycles. The predicted molar refractivity (Wildman–Crippen MR) is 89.9 cm³/mol. The zero-order valence-electron chi connectivity index (χ0n) is 13.7. The van der Waals surface area contributed by atoms with Crippen LogP contribution < -0.4 is 5.32 Å². The molecule has 21 heavy (non-hydrogen) atoms. The summed E-state index contributed by atoms with van der Waals surface area (Å²) >= 11 is 1.68. The lowest BCUT2D eigenvalue weighted by Crippen LogP contribution is -2.43. The summed E-state index contributed by atoms with van der Waals surface area (Å²) in [4.78, 5) is 13.1. The zero-order valence-corrected chi connectivity index (χ0v) is 14.5. The van der Waals surface area contributed by atoms with E-state index in [2.05, 4.69) is 43.4 Å². The molecule has 0 saturated carbocycles. The van der Waals surface area contributed by atoms with Gasteiger partial charge in [0.05, 0.1) is 6.61 Å². The van der Waals surface area contributed by atoms with Crippen molar-refractivity contribution in [2.75, 3.05) is 12.4 Å². The monoisotopic (exact) mass is 309 g/mol. The van der Waals surface area contributed by atoms with Crippen LogP contribution in [0.4, 0.5) is 0 Å². The van der Waals surface area contributed by atoms with Crippen LogP contribution >= 0.6 is 11.8 Å².